The van der Waals surface area contributed by atoms with Crippen LogP contribution in [-0.4, -0.2) is 26.0 Å². The summed E-state index contributed by atoms with van der Waals surface area (Å²) in [6.45, 7) is 2.49. The van der Waals surface area contributed by atoms with Crippen molar-refractivity contribution < 1.29 is 4.79 Å². The Hall–Kier alpha value is -0.410. The fourth-order valence-corrected chi connectivity index (χ4v) is 0.311. The molecule has 2 N–H and O–H groups in total. The molecule has 0 bridgehead atoms. The monoisotopic (exact) mass is 116 g/mol. The molecule has 0 rings (SSSR count). The maximum atomic E-state index is 9.92. The SMILES string of the molecule is CNCN[C@@H](C)C=O. The van der Waals surface area contributed by atoms with Crippen molar-refractivity contribution in [2.75, 3.05) is 13.7 Å². The summed E-state index contributed by atoms with van der Waals surface area (Å²) < 4.78 is 0. The van der Waals surface area contributed by atoms with Gasteiger partial charge in [0.25, 0.3) is 0 Å². The molecule has 0 aliphatic carbocycles. The maximum absolute atomic E-state index is 9.92. The third-order valence-corrected chi connectivity index (χ3v) is 0.805. The Kier molecular flexibility index (Phi) is 4.50. The molecule has 3 heteroatoms. The summed E-state index contributed by atoms with van der Waals surface area (Å²) in [6.07, 6.45) is 0.872. The highest BCUT2D eigenvalue weighted by Gasteiger charge is 1.92. The van der Waals surface area contributed by atoms with E-state index in [1.807, 2.05) is 14.0 Å². The summed E-state index contributed by atoms with van der Waals surface area (Å²) >= 11 is 0. The molecular formula is C5H12N2O. The van der Waals surface area contributed by atoms with E-state index in [1.165, 1.54) is 0 Å². The van der Waals surface area contributed by atoms with E-state index in [-0.39, 0.29) is 6.04 Å². The quantitative estimate of drug-likeness (QED) is 0.378. The van der Waals surface area contributed by atoms with Gasteiger partial charge in [0.1, 0.15) is 6.29 Å². The lowest BCUT2D eigenvalue weighted by atomic mass is 10.4. The lowest BCUT2D eigenvalue weighted by Crippen LogP contribution is -2.34. The van der Waals surface area contributed by atoms with Gasteiger partial charge in [-0.05, 0) is 14.0 Å². The molecule has 0 radical (unpaired) electrons. The standard InChI is InChI=1S/C5H12N2O/c1-5(3-8)7-4-6-2/h3,5-7H,4H2,1-2H3/t5-/m0/s1. The molecule has 0 aliphatic rings. The average Bonchev–Trinajstić information content (AvgIpc) is 1.83. The number of hydrogen-bond donors (Lipinski definition) is 2. The number of rotatable bonds is 4. The minimum atomic E-state index is -0.0394. The van der Waals surface area contributed by atoms with E-state index in [0.717, 1.165) is 6.29 Å². The van der Waals surface area contributed by atoms with Gasteiger partial charge in [0, 0.05) is 6.67 Å². The third-order valence-electron chi connectivity index (χ3n) is 0.805. The van der Waals surface area contributed by atoms with Gasteiger partial charge in [-0.1, -0.05) is 0 Å². The van der Waals surface area contributed by atoms with Crippen molar-refractivity contribution in [1.29, 1.82) is 0 Å². The first-order valence-corrected chi connectivity index (χ1v) is 2.64. The zero-order valence-corrected chi connectivity index (χ0v) is 5.27. The Morgan fingerprint density at radius 2 is 2.38 bits per heavy atom. The molecule has 48 valence electrons. The highest BCUT2D eigenvalue weighted by Crippen LogP contribution is 1.67. The molecule has 0 aliphatic heterocycles. The molecular weight excluding hydrogens is 104 g/mol. The Balaban J connectivity index is 2.98. The van der Waals surface area contributed by atoms with Crippen molar-refractivity contribution >= 4 is 6.29 Å². The molecule has 0 fully saturated rings. The van der Waals surface area contributed by atoms with Crippen LogP contribution in [0.15, 0.2) is 0 Å². The van der Waals surface area contributed by atoms with Gasteiger partial charge in [-0.25, -0.2) is 0 Å². The molecule has 0 amide bonds. The van der Waals surface area contributed by atoms with Crippen LogP contribution >= 0.6 is 0 Å². The van der Waals surface area contributed by atoms with Crippen molar-refractivity contribution in [3.8, 4) is 0 Å². The number of carbonyl (C=O) groups excluding carboxylic acids is 1. The second-order valence-corrected chi connectivity index (χ2v) is 1.66. The highest BCUT2D eigenvalue weighted by atomic mass is 16.1. The van der Waals surface area contributed by atoms with Crippen LogP contribution in [0.3, 0.4) is 0 Å². The van der Waals surface area contributed by atoms with Crippen LogP contribution < -0.4 is 10.6 Å². The maximum Gasteiger partial charge on any atom is 0.136 e. The largest absolute Gasteiger partial charge is 0.308 e. The van der Waals surface area contributed by atoms with Crippen molar-refractivity contribution in [2.24, 2.45) is 0 Å². The van der Waals surface area contributed by atoms with Gasteiger partial charge in [0.2, 0.25) is 0 Å². The van der Waals surface area contributed by atoms with Crippen LogP contribution in [0.4, 0.5) is 0 Å². The smallest absolute Gasteiger partial charge is 0.136 e. The predicted octanol–water partition coefficient (Wildman–Crippen LogP) is -0.660. The van der Waals surface area contributed by atoms with Gasteiger partial charge in [-0.15, -0.1) is 0 Å². The average molecular weight is 116 g/mol. The van der Waals surface area contributed by atoms with E-state index in [2.05, 4.69) is 10.6 Å². The van der Waals surface area contributed by atoms with Gasteiger partial charge >= 0.3 is 0 Å². The van der Waals surface area contributed by atoms with E-state index in [1.54, 1.807) is 0 Å². The first-order valence-electron chi connectivity index (χ1n) is 2.64. The van der Waals surface area contributed by atoms with Crippen LogP contribution in [-0.2, 0) is 4.79 Å². The molecule has 0 spiro atoms. The molecule has 1 atom stereocenters. The number of hydrogen-bond acceptors (Lipinski definition) is 3. The van der Waals surface area contributed by atoms with E-state index in [0.29, 0.717) is 6.67 Å². The summed E-state index contributed by atoms with van der Waals surface area (Å²) in [7, 11) is 1.82. The number of carbonyl (C=O) groups is 1. The lowest BCUT2D eigenvalue weighted by Gasteiger charge is -2.03. The fraction of sp³-hybridized carbons (Fsp3) is 0.800. The summed E-state index contributed by atoms with van der Waals surface area (Å²) in [5.74, 6) is 0. The van der Waals surface area contributed by atoms with Gasteiger partial charge in [-0.3, -0.25) is 5.32 Å². The molecule has 3 nitrogen and oxygen atoms in total. The topological polar surface area (TPSA) is 41.1 Å². The highest BCUT2D eigenvalue weighted by molar-refractivity contribution is 5.56. The second kappa shape index (κ2) is 4.74. The summed E-state index contributed by atoms with van der Waals surface area (Å²) in [5, 5.41) is 5.77. The zero-order valence-electron chi connectivity index (χ0n) is 5.27. The molecule has 0 aromatic rings. The third kappa shape index (κ3) is 3.77. The summed E-state index contributed by atoms with van der Waals surface area (Å²) in [6, 6.07) is -0.0394. The molecule has 0 heterocycles. The fourth-order valence-electron chi connectivity index (χ4n) is 0.311. The Bertz CT molecular complexity index is 65.4. The Morgan fingerprint density at radius 1 is 1.75 bits per heavy atom. The Labute approximate surface area is 49.5 Å². The molecule has 0 unspecified atom stereocenters. The zero-order chi connectivity index (χ0) is 6.41. The molecule has 0 aromatic heterocycles. The number of nitrogens with one attached hydrogen (secondary N) is 2. The molecule has 0 aromatic carbocycles. The molecule has 0 saturated heterocycles. The minimum Gasteiger partial charge on any atom is -0.308 e. The molecule has 8 heavy (non-hydrogen) atoms. The van der Waals surface area contributed by atoms with Gasteiger partial charge < -0.3 is 10.1 Å². The number of aldehydes is 1. The first-order chi connectivity index (χ1) is 3.81. The summed E-state index contributed by atoms with van der Waals surface area (Å²) in [5.41, 5.74) is 0. The van der Waals surface area contributed by atoms with E-state index >= 15 is 0 Å². The van der Waals surface area contributed by atoms with E-state index in [9.17, 15) is 4.79 Å². The normalized spacial score (nSPS) is 13.2. The lowest BCUT2D eigenvalue weighted by molar-refractivity contribution is -0.109. The van der Waals surface area contributed by atoms with Crippen LogP contribution in [0.5, 0.6) is 0 Å². The van der Waals surface area contributed by atoms with Crippen molar-refractivity contribution in [1.82, 2.24) is 10.6 Å². The molecule has 0 saturated carbocycles. The van der Waals surface area contributed by atoms with E-state index in [4.69, 9.17) is 0 Å². The van der Waals surface area contributed by atoms with Crippen LogP contribution in [0.25, 0.3) is 0 Å². The second-order valence-electron chi connectivity index (χ2n) is 1.66. The summed E-state index contributed by atoms with van der Waals surface area (Å²) in [4.78, 5) is 9.92. The van der Waals surface area contributed by atoms with Crippen molar-refractivity contribution in [3.63, 3.8) is 0 Å². The predicted molar refractivity (Wildman–Crippen MR) is 32.6 cm³/mol. The van der Waals surface area contributed by atoms with E-state index < -0.39 is 0 Å². The van der Waals surface area contributed by atoms with Gasteiger partial charge in [0.05, 0.1) is 6.04 Å². The van der Waals surface area contributed by atoms with Crippen molar-refractivity contribution in [3.05, 3.63) is 0 Å². The van der Waals surface area contributed by atoms with Crippen molar-refractivity contribution in [2.45, 2.75) is 13.0 Å². The first kappa shape index (κ1) is 7.59. The Morgan fingerprint density at radius 3 is 2.75 bits per heavy atom. The van der Waals surface area contributed by atoms with Crippen LogP contribution in [0.2, 0.25) is 0 Å². The van der Waals surface area contributed by atoms with Crippen LogP contribution in [0, 0.1) is 0 Å². The van der Waals surface area contributed by atoms with Gasteiger partial charge in [-0.2, -0.15) is 0 Å². The van der Waals surface area contributed by atoms with Gasteiger partial charge in [0.15, 0.2) is 0 Å². The van der Waals surface area contributed by atoms with Crippen LogP contribution in [0.1, 0.15) is 6.92 Å². The minimum absolute atomic E-state index is 0.0394.